The van der Waals surface area contributed by atoms with Gasteiger partial charge < -0.3 is 10.1 Å². The van der Waals surface area contributed by atoms with Crippen LogP contribution in [0.2, 0.25) is 0 Å². The molecule has 2 rings (SSSR count). The molecule has 6 heteroatoms. The lowest BCUT2D eigenvalue weighted by atomic mass is 10.1. The Balaban J connectivity index is 2.00. The van der Waals surface area contributed by atoms with Crippen molar-refractivity contribution in [3.8, 4) is 5.75 Å². The van der Waals surface area contributed by atoms with Gasteiger partial charge in [0.2, 0.25) is 0 Å². The van der Waals surface area contributed by atoms with Gasteiger partial charge in [-0.2, -0.15) is 0 Å². The molecule has 0 aliphatic heterocycles. The minimum Gasteiger partial charge on any atom is -0.497 e. The number of nitro groups is 1. The molecule has 0 fully saturated rings. The van der Waals surface area contributed by atoms with E-state index < -0.39 is 4.92 Å². The van der Waals surface area contributed by atoms with E-state index in [0.717, 1.165) is 0 Å². The zero-order valence-corrected chi connectivity index (χ0v) is 11.5. The van der Waals surface area contributed by atoms with Gasteiger partial charge in [-0.05, 0) is 6.07 Å². The fraction of sp³-hybridized carbons (Fsp3) is 0.200. The molecular weight excluding hydrogens is 275 g/mol. The Labute approximate surface area is 121 Å². The maximum atomic E-state index is 13.7. The summed E-state index contributed by atoms with van der Waals surface area (Å²) in [6, 6.07) is 11.1. The van der Waals surface area contributed by atoms with Crippen molar-refractivity contribution in [1.82, 2.24) is 5.32 Å². The summed E-state index contributed by atoms with van der Waals surface area (Å²) < 4.78 is 18.7. The van der Waals surface area contributed by atoms with E-state index >= 15 is 0 Å². The first-order chi connectivity index (χ1) is 10.1. The van der Waals surface area contributed by atoms with Crippen LogP contribution >= 0.6 is 0 Å². The molecule has 0 unspecified atom stereocenters. The third-order valence-corrected chi connectivity index (χ3v) is 3.08. The lowest BCUT2D eigenvalue weighted by Crippen LogP contribution is -2.14. The second kappa shape index (κ2) is 6.81. The van der Waals surface area contributed by atoms with Gasteiger partial charge in [-0.1, -0.05) is 24.3 Å². The highest BCUT2D eigenvalue weighted by atomic mass is 19.1. The van der Waals surface area contributed by atoms with Crippen molar-refractivity contribution < 1.29 is 14.1 Å². The summed E-state index contributed by atoms with van der Waals surface area (Å²) in [5.41, 5.74) is 1.10. The molecule has 0 aliphatic rings. The number of nitrogens with zero attached hydrogens (tertiary/aromatic N) is 1. The number of rotatable bonds is 6. The van der Waals surface area contributed by atoms with Gasteiger partial charge in [0.05, 0.1) is 12.0 Å². The van der Waals surface area contributed by atoms with E-state index in [1.807, 2.05) is 0 Å². The van der Waals surface area contributed by atoms with Crippen LogP contribution in [0.3, 0.4) is 0 Å². The number of methoxy groups -OCH3 is 1. The number of para-hydroxylation sites is 1. The van der Waals surface area contributed by atoms with Crippen LogP contribution in [0.4, 0.5) is 10.1 Å². The van der Waals surface area contributed by atoms with Gasteiger partial charge in [0.25, 0.3) is 5.69 Å². The number of hydrogen-bond donors (Lipinski definition) is 1. The third kappa shape index (κ3) is 3.76. The molecule has 0 amide bonds. The largest absolute Gasteiger partial charge is 0.497 e. The van der Waals surface area contributed by atoms with Crippen molar-refractivity contribution in [1.29, 1.82) is 0 Å². The first-order valence-corrected chi connectivity index (χ1v) is 6.37. The Kier molecular flexibility index (Phi) is 4.84. The van der Waals surface area contributed by atoms with Crippen molar-refractivity contribution in [2.24, 2.45) is 0 Å². The summed E-state index contributed by atoms with van der Waals surface area (Å²) in [5.74, 6) is 0.0827. The van der Waals surface area contributed by atoms with Crippen LogP contribution in [-0.4, -0.2) is 12.0 Å². The van der Waals surface area contributed by atoms with Gasteiger partial charge in [0.1, 0.15) is 11.6 Å². The maximum Gasteiger partial charge on any atom is 0.273 e. The molecule has 5 nitrogen and oxygen atoms in total. The lowest BCUT2D eigenvalue weighted by Gasteiger charge is -2.08. The molecule has 0 bridgehead atoms. The van der Waals surface area contributed by atoms with E-state index in [0.29, 0.717) is 23.4 Å². The summed E-state index contributed by atoms with van der Waals surface area (Å²) in [7, 11) is 1.47. The van der Waals surface area contributed by atoms with Crippen molar-refractivity contribution in [3.63, 3.8) is 0 Å². The highest BCUT2D eigenvalue weighted by Crippen LogP contribution is 2.18. The first kappa shape index (κ1) is 14.9. The third-order valence-electron chi connectivity index (χ3n) is 3.08. The average Bonchev–Trinajstić information content (AvgIpc) is 2.49. The summed E-state index contributed by atoms with van der Waals surface area (Å²) in [6.07, 6.45) is 0. The Morgan fingerprint density at radius 1 is 1.19 bits per heavy atom. The Bertz CT molecular complexity index is 647. The predicted molar refractivity (Wildman–Crippen MR) is 76.6 cm³/mol. The number of hydrogen-bond acceptors (Lipinski definition) is 4. The molecule has 2 aromatic carbocycles. The van der Waals surface area contributed by atoms with Crippen LogP contribution in [0.25, 0.3) is 0 Å². The fourth-order valence-electron chi connectivity index (χ4n) is 1.97. The molecule has 0 saturated heterocycles. The molecular formula is C15H15FN2O3. The summed E-state index contributed by atoms with van der Waals surface area (Å²) in [4.78, 5) is 10.5. The predicted octanol–water partition coefficient (Wildman–Crippen LogP) is 3.03. The van der Waals surface area contributed by atoms with Crippen molar-refractivity contribution in [2.75, 3.05) is 7.11 Å². The highest BCUT2D eigenvalue weighted by Gasteiger charge is 2.12. The smallest absolute Gasteiger partial charge is 0.273 e. The first-order valence-electron chi connectivity index (χ1n) is 6.37. The summed E-state index contributed by atoms with van der Waals surface area (Å²) >= 11 is 0. The second-order valence-electron chi connectivity index (χ2n) is 4.45. The molecule has 0 atom stereocenters. The van der Waals surface area contributed by atoms with Crippen LogP contribution in [0.5, 0.6) is 5.75 Å². The molecule has 0 aromatic heterocycles. The minimum absolute atomic E-state index is 0.0557. The zero-order valence-electron chi connectivity index (χ0n) is 11.5. The molecule has 0 saturated carbocycles. The van der Waals surface area contributed by atoms with E-state index in [4.69, 9.17) is 4.74 Å². The summed E-state index contributed by atoms with van der Waals surface area (Å²) in [6.45, 7) is 0.574. The average molecular weight is 290 g/mol. The van der Waals surface area contributed by atoms with Crippen molar-refractivity contribution in [2.45, 2.75) is 13.1 Å². The van der Waals surface area contributed by atoms with Crippen molar-refractivity contribution in [3.05, 3.63) is 69.5 Å². The van der Waals surface area contributed by atoms with E-state index in [-0.39, 0.29) is 18.0 Å². The van der Waals surface area contributed by atoms with E-state index in [1.54, 1.807) is 30.3 Å². The SMILES string of the molecule is COc1ccc(CNCc2ccccc2[N+](=O)[O-])c(F)c1. The fourth-order valence-corrected chi connectivity index (χ4v) is 1.97. The van der Waals surface area contributed by atoms with Crippen molar-refractivity contribution >= 4 is 5.69 Å². The van der Waals surface area contributed by atoms with Gasteiger partial charge in [-0.15, -0.1) is 0 Å². The molecule has 0 radical (unpaired) electrons. The van der Waals surface area contributed by atoms with Gasteiger partial charge in [-0.25, -0.2) is 4.39 Å². The monoisotopic (exact) mass is 290 g/mol. The standard InChI is InChI=1S/C15H15FN2O3/c1-21-13-7-6-11(14(16)8-13)9-17-10-12-4-2-3-5-15(12)18(19)20/h2-8,17H,9-10H2,1H3. The van der Waals surface area contributed by atoms with E-state index in [2.05, 4.69) is 5.32 Å². The van der Waals surface area contributed by atoms with Gasteiger partial charge >= 0.3 is 0 Å². The van der Waals surface area contributed by atoms with Crippen LogP contribution in [-0.2, 0) is 13.1 Å². The molecule has 21 heavy (non-hydrogen) atoms. The molecule has 1 N–H and O–H groups in total. The minimum atomic E-state index is -0.426. The molecule has 0 aliphatic carbocycles. The Morgan fingerprint density at radius 3 is 2.57 bits per heavy atom. The number of ether oxygens (including phenoxy) is 1. The van der Waals surface area contributed by atoms with Crippen LogP contribution in [0.1, 0.15) is 11.1 Å². The highest BCUT2D eigenvalue weighted by molar-refractivity contribution is 5.39. The van der Waals surface area contributed by atoms with Gasteiger partial charge in [0.15, 0.2) is 0 Å². The second-order valence-corrected chi connectivity index (χ2v) is 4.45. The van der Waals surface area contributed by atoms with E-state index in [9.17, 15) is 14.5 Å². The lowest BCUT2D eigenvalue weighted by molar-refractivity contribution is -0.385. The summed E-state index contributed by atoms with van der Waals surface area (Å²) in [5, 5.41) is 13.9. The number of benzene rings is 2. The van der Waals surface area contributed by atoms with Gasteiger partial charge in [0, 0.05) is 36.3 Å². The zero-order chi connectivity index (χ0) is 15.2. The molecule has 110 valence electrons. The molecule has 2 aromatic rings. The number of halogens is 1. The quantitative estimate of drug-likeness (QED) is 0.656. The Hall–Kier alpha value is -2.47. The van der Waals surface area contributed by atoms with Crippen LogP contribution < -0.4 is 10.1 Å². The Morgan fingerprint density at radius 2 is 1.90 bits per heavy atom. The topological polar surface area (TPSA) is 64.4 Å². The maximum absolute atomic E-state index is 13.7. The number of nitrogens with one attached hydrogen (secondary N) is 1. The normalized spacial score (nSPS) is 10.4. The molecule has 0 spiro atoms. The van der Waals surface area contributed by atoms with E-state index in [1.165, 1.54) is 19.2 Å². The van der Waals surface area contributed by atoms with Gasteiger partial charge in [-0.3, -0.25) is 10.1 Å². The molecule has 0 heterocycles. The van der Waals surface area contributed by atoms with Crippen LogP contribution in [0.15, 0.2) is 42.5 Å². The van der Waals surface area contributed by atoms with Crippen LogP contribution in [0, 0.1) is 15.9 Å². The number of nitro benzene ring substituents is 1.